The van der Waals surface area contributed by atoms with E-state index in [-0.39, 0.29) is 11.3 Å². The van der Waals surface area contributed by atoms with E-state index in [1.165, 1.54) is 6.26 Å². The van der Waals surface area contributed by atoms with Crippen molar-refractivity contribution in [1.29, 1.82) is 0 Å². The quantitative estimate of drug-likeness (QED) is 0.447. The van der Waals surface area contributed by atoms with Gasteiger partial charge in [-0.15, -0.1) is 0 Å². The summed E-state index contributed by atoms with van der Waals surface area (Å²) < 4.78 is 5.01. The van der Waals surface area contributed by atoms with Crippen molar-refractivity contribution in [3.63, 3.8) is 0 Å². The molecule has 0 radical (unpaired) electrons. The third-order valence-electron chi connectivity index (χ3n) is 3.49. The van der Waals surface area contributed by atoms with Crippen LogP contribution in [-0.4, -0.2) is 19.1 Å². The van der Waals surface area contributed by atoms with Crippen molar-refractivity contribution in [3.8, 4) is 0 Å². The molecule has 1 aliphatic carbocycles. The minimum Gasteiger partial charge on any atom is -0.502 e. The smallest absolute Gasteiger partial charge is 0.230 e. The Kier molecular flexibility index (Phi) is 4.10. The number of ether oxygens (including phenoxy) is 1. The van der Waals surface area contributed by atoms with Crippen molar-refractivity contribution in [2.45, 2.75) is 24.7 Å². The van der Waals surface area contributed by atoms with E-state index in [9.17, 15) is 4.79 Å². The van der Waals surface area contributed by atoms with Gasteiger partial charge in [0.2, 0.25) is 5.91 Å². The molecule has 0 aliphatic heterocycles. The van der Waals surface area contributed by atoms with Gasteiger partial charge in [-0.3, -0.25) is 4.79 Å². The van der Waals surface area contributed by atoms with E-state index in [1.807, 2.05) is 24.3 Å². The standard InChI is InChI=1S/C15H20N2O2/c1-2-19-11-3-10-17-14(18)15(8-9-15)12-4-6-13(16)7-5-12/h2,4-7H,1,3,8-11,16H2,(H,17,18). The first-order valence-electron chi connectivity index (χ1n) is 6.56. The molecule has 4 nitrogen and oxygen atoms in total. The van der Waals surface area contributed by atoms with Crippen molar-refractivity contribution in [2.75, 3.05) is 18.9 Å². The molecule has 0 heterocycles. The maximum Gasteiger partial charge on any atom is 0.230 e. The maximum atomic E-state index is 12.2. The van der Waals surface area contributed by atoms with E-state index < -0.39 is 0 Å². The first-order chi connectivity index (χ1) is 9.19. The summed E-state index contributed by atoms with van der Waals surface area (Å²) >= 11 is 0. The SMILES string of the molecule is C=COCCCNC(=O)C1(c2ccc(N)cc2)CC1. The van der Waals surface area contributed by atoms with Gasteiger partial charge in [0.25, 0.3) is 0 Å². The van der Waals surface area contributed by atoms with E-state index >= 15 is 0 Å². The predicted octanol–water partition coefficient (Wildman–Crippen LogP) is 1.97. The van der Waals surface area contributed by atoms with Crippen LogP contribution in [0.15, 0.2) is 37.1 Å². The Morgan fingerprint density at radius 2 is 2.11 bits per heavy atom. The van der Waals surface area contributed by atoms with Crippen LogP contribution < -0.4 is 11.1 Å². The molecule has 0 bridgehead atoms. The Balaban J connectivity index is 1.88. The predicted molar refractivity (Wildman–Crippen MR) is 75.5 cm³/mol. The van der Waals surface area contributed by atoms with E-state index in [4.69, 9.17) is 10.5 Å². The highest BCUT2D eigenvalue weighted by Crippen LogP contribution is 2.48. The monoisotopic (exact) mass is 260 g/mol. The van der Waals surface area contributed by atoms with Crippen LogP contribution >= 0.6 is 0 Å². The van der Waals surface area contributed by atoms with E-state index in [0.717, 1.165) is 30.5 Å². The summed E-state index contributed by atoms with van der Waals surface area (Å²) in [5, 5.41) is 2.97. The maximum absolute atomic E-state index is 12.2. The summed E-state index contributed by atoms with van der Waals surface area (Å²) in [6.07, 6.45) is 4.02. The number of rotatable bonds is 7. The fourth-order valence-corrected chi connectivity index (χ4v) is 2.18. The van der Waals surface area contributed by atoms with Crippen molar-refractivity contribution >= 4 is 11.6 Å². The second-order valence-corrected chi connectivity index (χ2v) is 4.85. The van der Waals surface area contributed by atoms with Crippen LogP contribution in [0.25, 0.3) is 0 Å². The zero-order valence-electron chi connectivity index (χ0n) is 11.0. The summed E-state index contributed by atoms with van der Waals surface area (Å²) in [4.78, 5) is 12.2. The average Bonchev–Trinajstić information content (AvgIpc) is 3.21. The Morgan fingerprint density at radius 1 is 1.42 bits per heavy atom. The lowest BCUT2D eigenvalue weighted by Crippen LogP contribution is -2.35. The number of anilines is 1. The molecule has 0 unspecified atom stereocenters. The summed E-state index contributed by atoms with van der Waals surface area (Å²) in [6.45, 7) is 4.68. The van der Waals surface area contributed by atoms with Gasteiger partial charge in [-0.25, -0.2) is 0 Å². The summed E-state index contributed by atoms with van der Waals surface area (Å²) in [5.41, 5.74) is 7.12. The van der Waals surface area contributed by atoms with Crippen LogP contribution in [-0.2, 0) is 14.9 Å². The number of hydrogen-bond acceptors (Lipinski definition) is 3. The van der Waals surface area contributed by atoms with Crippen LogP contribution in [0.1, 0.15) is 24.8 Å². The third kappa shape index (κ3) is 3.08. The van der Waals surface area contributed by atoms with Gasteiger partial charge in [0.15, 0.2) is 0 Å². The second-order valence-electron chi connectivity index (χ2n) is 4.85. The third-order valence-corrected chi connectivity index (χ3v) is 3.49. The molecule has 0 aromatic heterocycles. The molecule has 0 atom stereocenters. The number of nitrogen functional groups attached to an aromatic ring is 1. The zero-order valence-corrected chi connectivity index (χ0v) is 11.0. The van der Waals surface area contributed by atoms with Crippen LogP contribution in [0.5, 0.6) is 0 Å². The van der Waals surface area contributed by atoms with E-state index in [1.54, 1.807) is 0 Å². The number of nitrogens with two attached hydrogens (primary N) is 1. The Labute approximate surface area is 113 Å². The molecular formula is C15H20N2O2. The first-order valence-corrected chi connectivity index (χ1v) is 6.56. The Bertz CT molecular complexity index is 450. The molecule has 1 amide bonds. The minimum absolute atomic E-state index is 0.107. The van der Waals surface area contributed by atoms with Gasteiger partial charge >= 0.3 is 0 Å². The highest BCUT2D eigenvalue weighted by molar-refractivity contribution is 5.91. The summed E-state index contributed by atoms with van der Waals surface area (Å²) in [5.74, 6) is 0.107. The van der Waals surface area contributed by atoms with E-state index in [0.29, 0.717) is 13.2 Å². The fraction of sp³-hybridized carbons (Fsp3) is 0.400. The lowest BCUT2D eigenvalue weighted by Gasteiger charge is -2.16. The van der Waals surface area contributed by atoms with Gasteiger partial charge < -0.3 is 15.8 Å². The molecule has 1 aromatic rings. The summed E-state index contributed by atoms with van der Waals surface area (Å²) in [7, 11) is 0. The topological polar surface area (TPSA) is 64.3 Å². The second kappa shape index (κ2) is 5.78. The van der Waals surface area contributed by atoms with Crippen LogP contribution in [0, 0.1) is 0 Å². The van der Waals surface area contributed by atoms with E-state index in [2.05, 4.69) is 11.9 Å². The molecule has 1 aliphatic rings. The molecule has 2 rings (SSSR count). The number of carbonyl (C=O) groups excluding carboxylic acids is 1. The molecule has 0 spiro atoms. The van der Waals surface area contributed by atoms with Crippen molar-refractivity contribution in [1.82, 2.24) is 5.32 Å². The Morgan fingerprint density at radius 3 is 2.68 bits per heavy atom. The molecule has 102 valence electrons. The van der Waals surface area contributed by atoms with Crippen molar-refractivity contribution in [2.24, 2.45) is 0 Å². The van der Waals surface area contributed by atoms with Gasteiger partial charge in [0.05, 0.1) is 18.3 Å². The molecule has 1 fully saturated rings. The van der Waals surface area contributed by atoms with Gasteiger partial charge in [0, 0.05) is 12.2 Å². The number of nitrogens with one attached hydrogen (secondary N) is 1. The van der Waals surface area contributed by atoms with Crippen LogP contribution in [0.2, 0.25) is 0 Å². The largest absolute Gasteiger partial charge is 0.502 e. The number of carbonyl (C=O) groups is 1. The number of hydrogen-bond donors (Lipinski definition) is 2. The highest BCUT2D eigenvalue weighted by atomic mass is 16.5. The lowest BCUT2D eigenvalue weighted by molar-refractivity contribution is -0.123. The molecule has 1 aromatic carbocycles. The number of amides is 1. The molecule has 1 saturated carbocycles. The Hall–Kier alpha value is -1.97. The van der Waals surface area contributed by atoms with Crippen LogP contribution in [0.3, 0.4) is 0 Å². The number of benzene rings is 1. The molecular weight excluding hydrogens is 240 g/mol. The van der Waals surface area contributed by atoms with Gasteiger partial charge in [-0.1, -0.05) is 18.7 Å². The van der Waals surface area contributed by atoms with Crippen molar-refractivity contribution < 1.29 is 9.53 Å². The molecule has 4 heteroatoms. The first kappa shape index (κ1) is 13.5. The van der Waals surface area contributed by atoms with Gasteiger partial charge in [-0.2, -0.15) is 0 Å². The van der Waals surface area contributed by atoms with Crippen LogP contribution in [0.4, 0.5) is 5.69 Å². The fourth-order valence-electron chi connectivity index (χ4n) is 2.18. The minimum atomic E-state index is -0.326. The molecule has 19 heavy (non-hydrogen) atoms. The highest BCUT2D eigenvalue weighted by Gasteiger charge is 2.50. The molecule has 0 saturated heterocycles. The lowest BCUT2D eigenvalue weighted by atomic mass is 9.95. The average molecular weight is 260 g/mol. The zero-order chi connectivity index (χ0) is 13.7. The van der Waals surface area contributed by atoms with Gasteiger partial charge in [-0.05, 0) is 37.0 Å². The normalized spacial score (nSPS) is 15.6. The van der Waals surface area contributed by atoms with Crippen molar-refractivity contribution in [3.05, 3.63) is 42.7 Å². The molecule has 3 N–H and O–H groups in total. The summed E-state index contributed by atoms with van der Waals surface area (Å²) in [6, 6.07) is 7.59. The van der Waals surface area contributed by atoms with Gasteiger partial charge in [0.1, 0.15) is 0 Å².